The number of halogens is 1. The topological polar surface area (TPSA) is 91.5 Å². The fourth-order valence-electron chi connectivity index (χ4n) is 2.49. The predicted molar refractivity (Wildman–Crippen MR) is 127 cm³/mol. The lowest BCUT2D eigenvalue weighted by Gasteiger charge is -2.13. The highest BCUT2D eigenvalue weighted by atomic mass is 127. The number of carbonyl (C=O) groups excluding carboxylic acids is 1. The summed E-state index contributed by atoms with van der Waals surface area (Å²) >= 11 is 0. The van der Waals surface area contributed by atoms with Crippen molar-refractivity contribution in [1.29, 1.82) is 0 Å². The molecule has 1 aromatic carbocycles. The Morgan fingerprint density at radius 2 is 1.90 bits per heavy atom. The number of aromatic nitrogens is 1. The highest BCUT2D eigenvalue weighted by Gasteiger charge is 2.10. The number of guanidine groups is 1. The number of hydrogen-bond acceptors (Lipinski definition) is 4. The van der Waals surface area contributed by atoms with E-state index in [0.717, 1.165) is 23.4 Å². The molecule has 0 aliphatic carbocycles. The van der Waals surface area contributed by atoms with E-state index in [1.54, 1.807) is 7.05 Å². The van der Waals surface area contributed by atoms with Crippen molar-refractivity contribution in [3.05, 3.63) is 52.9 Å². The summed E-state index contributed by atoms with van der Waals surface area (Å²) in [5, 5.41) is 13.5. The van der Waals surface area contributed by atoms with Gasteiger partial charge in [0, 0.05) is 31.3 Å². The summed E-state index contributed by atoms with van der Waals surface area (Å²) in [7, 11) is 1.71. The zero-order chi connectivity index (χ0) is 20.5. The van der Waals surface area contributed by atoms with Crippen molar-refractivity contribution in [2.75, 3.05) is 7.05 Å². The molecule has 7 nitrogen and oxygen atoms in total. The van der Waals surface area contributed by atoms with E-state index in [4.69, 9.17) is 4.52 Å². The molecular weight excluding hydrogens is 481 g/mol. The fraction of sp³-hybridized carbons (Fsp3) is 0.476. The van der Waals surface area contributed by atoms with E-state index in [1.807, 2.05) is 44.2 Å². The molecule has 1 atom stereocenters. The number of nitrogens with zero attached hydrogens (tertiary/aromatic N) is 2. The van der Waals surface area contributed by atoms with Crippen LogP contribution in [0.3, 0.4) is 0 Å². The summed E-state index contributed by atoms with van der Waals surface area (Å²) < 4.78 is 5.33. The van der Waals surface area contributed by atoms with Crippen LogP contribution < -0.4 is 16.0 Å². The minimum atomic E-state index is -0.0509. The predicted octanol–water partition coefficient (Wildman–Crippen LogP) is 3.81. The molecule has 0 aliphatic heterocycles. The molecule has 0 saturated carbocycles. The first-order chi connectivity index (χ1) is 13.4. The zero-order valence-electron chi connectivity index (χ0n) is 17.8. The molecule has 0 spiro atoms. The van der Waals surface area contributed by atoms with Crippen LogP contribution >= 0.6 is 24.0 Å². The van der Waals surface area contributed by atoms with Crippen LogP contribution in [0.1, 0.15) is 67.4 Å². The summed E-state index contributed by atoms with van der Waals surface area (Å²) in [5.41, 5.74) is 2.60. The Labute approximate surface area is 190 Å². The van der Waals surface area contributed by atoms with Crippen molar-refractivity contribution in [3.8, 4) is 0 Å². The molecule has 1 heterocycles. The van der Waals surface area contributed by atoms with E-state index in [-0.39, 0.29) is 35.9 Å². The second-order valence-electron chi connectivity index (χ2n) is 7.14. The van der Waals surface area contributed by atoms with Gasteiger partial charge in [-0.2, -0.15) is 0 Å². The van der Waals surface area contributed by atoms with Gasteiger partial charge >= 0.3 is 0 Å². The third-order valence-corrected chi connectivity index (χ3v) is 4.46. The van der Waals surface area contributed by atoms with Gasteiger partial charge in [0.15, 0.2) is 11.7 Å². The van der Waals surface area contributed by atoms with Crippen molar-refractivity contribution < 1.29 is 9.32 Å². The molecule has 0 saturated heterocycles. The van der Waals surface area contributed by atoms with Gasteiger partial charge in [-0.15, -0.1) is 24.0 Å². The summed E-state index contributed by atoms with van der Waals surface area (Å²) in [6.07, 6.45) is 0.902. The van der Waals surface area contributed by atoms with Gasteiger partial charge in [-0.3, -0.25) is 9.79 Å². The first kappa shape index (κ1) is 24.9. The number of carbonyl (C=O) groups is 1. The van der Waals surface area contributed by atoms with Crippen LogP contribution in [-0.2, 0) is 13.1 Å². The van der Waals surface area contributed by atoms with E-state index in [0.29, 0.717) is 30.5 Å². The number of aliphatic imine (C=N–C) groups is 1. The maximum absolute atomic E-state index is 12.3. The molecular formula is C21H32IN5O2. The standard InChI is InChI=1S/C21H31N5O2.HI/c1-6-15(4)25-20(27)17-9-7-8-16(10-17)12-23-21(22-5)24-13-18-11-19(14(2)3)26-28-18;/h7-11,14-15H,6,12-13H2,1-5H3,(H,25,27)(H2,22,23,24);1H. The maximum Gasteiger partial charge on any atom is 0.251 e. The number of nitrogens with one attached hydrogen (secondary N) is 3. The van der Waals surface area contributed by atoms with Gasteiger partial charge < -0.3 is 20.5 Å². The molecule has 3 N–H and O–H groups in total. The first-order valence-corrected chi connectivity index (χ1v) is 9.72. The molecule has 2 aromatic rings. The van der Waals surface area contributed by atoms with Gasteiger partial charge in [-0.25, -0.2) is 0 Å². The van der Waals surface area contributed by atoms with Gasteiger partial charge in [0.05, 0.1) is 12.2 Å². The molecule has 0 bridgehead atoms. The van der Waals surface area contributed by atoms with Gasteiger partial charge in [-0.05, 0) is 37.0 Å². The molecule has 0 fully saturated rings. The van der Waals surface area contributed by atoms with Crippen molar-refractivity contribution in [2.45, 2.75) is 59.2 Å². The minimum absolute atomic E-state index is 0. The SMILES string of the molecule is CCC(C)NC(=O)c1cccc(CNC(=NC)NCc2cc(C(C)C)no2)c1.I. The monoisotopic (exact) mass is 513 g/mol. The van der Waals surface area contributed by atoms with Crippen molar-refractivity contribution >= 4 is 35.8 Å². The molecule has 8 heteroatoms. The first-order valence-electron chi connectivity index (χ1n) is 9.72. The van der Waals surface area contributed by atoms with Crippen molar-refractivity contribution in [2.24, 2.45) is 4.99 Å². The van der Waals surface area contributed by atoms with Gasteiger partial charge in [0.25, 0.3) is 5.91 Å². The summed E-state index contributed by atoms with van der Waals surface area (Å²) in [6.45, 7) is 9.25. The quantitative estimate of drug-likeness (QED) is 0.284. The zero-order valence-corrected chi connectivity index (χ0v) is 20.1. The Kier molecular flexibility index (Phi) is 10.7. The second-order valence-corrected chi connectivity index (χ2v) is 7.14. The Hall–Kier alpha value is -2.10. The van der Waals surface area contributed by atoms with Crippen LogP contribution in [0.2, 0.25) is 0 Å². The van der Waals surface area contributed by atoms with Crippen molar-refractivity contribution in [1.82, 2.24) is 21.1 Å². The van der Waals surface area contributed by atoms with Crippen molar-refractivity contribution in [3.63, 3.8) is 0 Å². The smallest absolute Gasteiger partial charge is 0.251 e. The average Bonchev–Trinajstić information content (AvgIpc) is 3.17. The minimum Gasteiger partial charge on any atom is -0.359 e. The van der Waals surface area contributed by atoms with E-state index in [2.05, 4.69) is 39.9 Å². The lowest BCUT2D eigenvalue weighted by molar-refractivity contribution is 0.0939. The highest BCUT2D eigenvalue weighted by molar-refractivity contribution is 14.0. The molecule has 1 aromatic heterocycles. The molecule has 2 rings (SSSR count). The van der Waals surface area contributed by atoms with Crippen LogP contribution in [0, 0.1) is 0 Å². The Balaban J connectivity index is 0.00000420. The number of rotatable bonds is 8. The highest BCUT2D eigenvalue weighted by Crippen LogP contribution is 2.13. The van der Waals surface area contributed by atoms with Crippen LogP contribution in [0.5, 0.6) is 0 Å². The molecule has 0 aliphatic rings. The lowest BCUT2D eigenvalue weighted by Crippen LogP contribution is -2.36. The Morgan fingerprint density at radius 3 is 2.52 bits per heavy atom. The third kappa shape index (κ3) is 8.04. The molecule has 160 valence electrons. The van der Waals surface area contributed by atoms with E-state index in [9.17, 15) is 4.79 Å². The van der Waals surface area contributed by atoms with Gasteiger partial charge in [-0.1, -0.05) is 38.1 Å². The number of amides is 1. The van der Waals surface area contributed by atoms with Crippen LogP contribution in [0.4, 0.5) is 0 Å². The second kappa shape index (κ2) is 12.5. The molecule has 1 amide bonds. The molecule has 0 radical (unpaired) electrons. The van der Waals surface area contributed by atoms with Crippen LogP contribution in [0.15, 0.2) is 39.8 Å². The Morgan fingerprint density at radius 1 is 1.17 bits per heavy atom. The maximum atomic E-state index is 12.3. The van der Waals surface area contributed by atoms with E-state index in [1.165, 1.54) is 0 Å². The molecule has 29 heavy (non-hydrogen) atoms. The summed E-state index contributed by atoms with van der Waals surface area (Å²) in [6, 6.07) is 9.69. The van der Waals surface area contributed by atoms with Gasteiger partial charge in [0.2, 0.25) is 0 Å². The third-order valence-electron chi connectivity index (χ3n) is 4.46. The largest absolute Gasteiger partial charge is 0.359 e. The summed E-state index contributed by atoms with van der Waals surface area (Å²) in [5.74, 6) is 1.69. The fourth-order valence-corrected chi connectivity index (χ4v) is 2.49. The van der Waals surface area contributed by atoms with Crippen LogP contribution in [-0.4, -0.2) is 30.1 Å². The lowest BCUT2D eigenvalue weighted by atomic mass is 10.1. The van der Waals surface area contributed by atoms with E-state index >= 15 is 0 Å². The van der Waals surface area contributed by atoms with E-state index < -0.39 is 0 Å². The molecule has 1 unspecified atom stereocenters. The van der Waals surface area contributed by atoms with Crippen LogP contribution in [0.25, 0.3) is 0 Å². The van der Waals surface area contributed by atoms with Gasteiger partial charge in [0.1, 0.15) is 0 Å². The normalized spacial score (nSPS) is 12.3. The average molecular weight is 513 g/mol. The summed E-state index contributed by atoms with van der Waals surface area (Å²) in [4.78, 5) is 16.5. The number of benzene rings is 1. The number of hydrogen-bond donors (Lipinski definition) is 3. The Bertz CT molecular complexity index is 804.